The van der Waals surface area contributed by atoms with Crippen LogP contribution in [0.3, 0.4) is 0 Å². The summed E-state index contributed by atoms with van der Waals surface area (Å²) < 4.78 is 8.30. The molecule has 118 valence electrons. The maximum Gasteiger partial charge on any atom is 0.344 e. The Labute approximate surface area is 143 Å². The molecule has 0 radical (unpaired) electrons. The van der Waals surface area contributed by atoms with E-state index in [0.29, 0.717) is 22.7 Å². The van der Waals surface area contributed by atoms with Crippen LogP contribution in [0.2, 0.25) is 0 Å². The summed E-state index contributed by atoms with van der Waals surface area (Å²) in [6.07, 6.45) is 2.06. The lowest BCUT2D eigenvalue weighted by molar-refractivity contribution is 0.527. The highest BCUT2D eigenvalue weighted by Crippen LogP contribution is 2.36. The number of thioether (sulfide) groups is 1. The Morgan fingerprint density at radius 1 is 1.35 bits per heavy atom. The maximum atomic E-state index is 11.7. The Kier molecular flexibility index (Phi) is 3.82. The molecule has 2 heterocycles. The van der Waals surface area contributed by atoms with Crippen molar-refractivity contribution >= 4 is 27.7 Å². The highest BCUT2D eigenvalue weighted by Gasteiger charge is 2.28. The maximum absolute atomic E-state index is 11.7. The zero-order valence-electron chi connectivity index (χ0n) is 11.9. The van der Waals surface area contributed by atoms with E-state index in [-0.39, 0.29) is 11.7 Å². The summed E-state index contributed by atoms with van der Waals surface area (Å²) in [4.78, 5) is 11.7. The van der Waals surface area contributed by atoms with Crippen LogP contribution in [0.5, 0.6) is 0 Å². The SMILES string of the molecule is O=c1[nH]nc(SCc2nnc(-c3ccccc3Br)o2)n1C1CC1. The predicted octanol–water partition coefficient (Wildman–Crippen LogP) is 3.01. The Hall–Kier alpha value is -1.87. The van der Waals surface area contributed by atoms with Crippen LogP contribution in [0.4, 0.5) is 0 Å². The summed E-state index contributed by atoms with van der Waals surface area (Å²) in [7, 11) is 0. The highest BCUT2D eigenvalue weighted by molar-refractivity contribution is 9.10. The third kappa shape index (κ3) is 2.98. The van der Waals surface area contributed by atoms with Gasteiger partial charge < -0.3 is 4.42 Å². The highest BCUT2D eigenvalue weighted by atomic mass is 79.9. The first-order chi connectivity index (χ1) is 11.2. The summed E-state index contributed by atoms with van der Waals surface area (Å²) in [5.41, 5.74) is 0.695. The van der Waals surface area contributed by atoms with Gasteiger partial charge in [-0.2, -0.15) is 0 Å². The molecule has 0 aliphatic heterocycles. The van der Waals surface area contributed by atoms with Crippen molar-refractivity contribution in [2.75, 3.05) is 0 Å². The van der Waals surface area contributed by atoms with Crippen LogP contribution in [0, 0.1) is 0 Å². The second kappa shape index (κ2) is 5.97. The Balaban J connectivity index is 1.51. The zero-order valence-corrected chi connectivity index (χ0v) is 14.3. The molecule has 1 aromatic carbocycles. The molecule has 0 bridgehead atoms. The van der Waals surface area contributed by atoms with Gasteiger partial charge in [-0.15, -0.1) is 15.3 Å². The number of halogens is 1. The van der Waals surface area contributed by atoms with Gasteiger partial charge in [-0.25, -0.2) is 9.89 Å². The van der Waals surface area contributed by atoms with E-state index < -0.39 is 0 Å². The van der Waals surface area contributed by atoms with Crippen LogP contribution in [-0.4, -0.2) is 25.0 Å². The lowest BCUT2D eigenvalue weighted by Crippen LogP contribution is -2.16. The third-order valence-corrected chi connectivity index (χ3v) is 5.11. The van der Waals surface area contributed by atoms with Crippen molar-refractivity contribution in [2.45, 2.75) is 29.8 Å². The average molecular weight is 394 g/mol. The minimum atomic E-state index is -0.158. The van der Waals surface area contributed by atoms with E-state index in [4.69, 9.17) is 4.42 Å². The molecule has 0 atom stereocenters. The standard InChI is InChI=1S/C14H12BrN5O2S/c15-10-4-2-1-3-9(10)12-17-16-11(22-12)7-23-14-19-18-13(21)20(14)8-5-6-8/h1-4,8H,5-7H2,(H,18,21). The van der Waals surface area contributed by atoms with E-state index in [1.165, 1.54) is 11.8 Å². The number of rotatable bonds is 5. The van der Waals surface area contributed by atoms with Crippen LogP contribution in [-0.2, 0) is 5.75 Å². The van der Waals surface area contributed by atoms with Gasteiger partial charge in [0, 0.05) is 10.5 Å². The fourth-order valence-electron chi connectivity index (χ4n) is 2.23. The van der Waals surface area contributed by atoms with Crippen molar-refractivity contribution in [2.24, 2.45) is 0 Å². The molecule has 0 amide bonds. The second-order valence-corrected chi connectivity index (χ2v) is 6.98. The van der Waals surface area contributed by atoms with Crippen molar-refractivity contribution in [1.29, 1.82) is 0 Å². The monoisotopic (exact) mass is 393 g/mol. The molecule has 0 saturated heterocycles. The molecule has 1 saturated carbocycles. The van der Waals surface area contributed by atoms with Gasteiger partial charge in [-0.1, -0.05) is 23.9 Å². The normalized spacial score (nSPS) is 14.3. The lowest BCUT2D eigenvalue weighted by atomic mass is 10.2. The molecule has 1 aliphatic carbocycles. The van der Waals surface area contributed by atoms with E-state index in [1.54, 1.807) is 4.57 Å². The number of hydrogen-bond donors (Lipinski definition) is 1. The molecule has 0 unspecified atom stereocenters. The van der Waals surface area contributed by atoms with Crippen LogP contribution in [0.25, 0.3) is 11.5 Å². The molecule has 1 fully saturated rings. The van der Waals surface area contributed by atoms with E-state index in [1.807, 2.05) is 24.3 Å². The molecule has 3 aromatic rings. The van der Waals surface area contributed by atoms with Gasteiger partial charge in [0.1, 0.15) is 0 Å². The molecule has 23 heavy (non-hydrogen) atoms. The van der Waals surface area contributed by atoms with E-state index in [2.05, 4.69) is 36.3 Å². The molecule has 4 rings (SSSR count). The van der Waals surface area contributed by atoms with Crippen molar-refractivity contribution < 1.29 is 4.42 Å². The lowest BCUT2D eigenvalue weighted by Gasteiger charge is -2.01. The molecular weight excluding hydrogens is 382 g/mol. The van der Waals surface area contributed by atoms with Crippen LogP contribution >= 0.6 is 27.7 Å². The quantitative estimate of drug-likeness (QED) is 0.670. The summed E-state index contributed by atoms with van der Waals surface area (Å²) in [5, 5.41) is 15.4. The number of nitrogens with zero attached hydrogens (tertiary/aromatic N) is 4. The first kappa shape index (κ1) is 14.7. The smallest absolute Gasteiger partial charge is 0.344 e. The number of aromatic nitrogens is 5. The van der Waals surface area contributed by atoms with Gasteiger partial charge in [0.25, 0.3) is 0 Å². The number of aromatic amines is 1. The topological polar surface area (TPSA) is 89.6 Å². The number of H-pyrrole nitrogens is 1. The minimum absolute atomic E-state index is 0.158. The Bertz CT molecular complexity index is 898. The van der Waals surface area contributed by atoms with Gasteiger partial charge in [0.15, 0.2) is 5.16 Å². The van der Waals surface area contributed by atoms with Gasteiger partial charge >= 0.3 is 5.69 Å². The largest absolute Gasteiger partial charge is 0.420 e. The van der Waals surface area contributed by atoms with Crippen molar-refractivity contribution in [1.82, 2.24) is 25.0 Å². The Morgan fingerprint density at radius 2 is 2.17 bits per heavy atom. The molecule has 0 spiro atoms. The number of hydrogen-bond acceptors (Lipinski definition) is 6. The van der Waals surface area contributed by atoms with Crippen molar-refractivity contribution in [3.63, 3.8) is 0 Å². The summed E-state index contributed by atoms with van der Waals surface area (Å²) in [6, 6.07) is 7.95. The van der Waals surface area contributed by atoms with E-state index in [0.717, 1.165) is 22.9 Å². The molecule has 2 aromatic heterocycles. The van der Waals surface area contributed by atoms with Crippen LogP contribution < -0.4 is 5.69 Å². The summed E-state index contributed by atoms with van der Waals surface area (Å²) in [6.45, 7) is 0. The van der Waals surface area contributed by atoms with E-state index >= 15 is 0 Å². The molecule has 1 aliphatic rings. The van der Waals surface area contributed by atoms with Crippen molar-refractivity contribution in [3.8, 4) is 11.5 Å². The first-order valence-electron chi connectivity index (χ1n) is 7.09. The fourth-order valence-corrected chi connectivity index (χ4v) is 3.53. The van der Waals surface area contributed by atoms with Gasteiger partial charge in [0.05, 0.1) is 11.3 Å². The second-order valence-electron chi connectivity index (χ2n) is 5.18. The zero-order chi connectivity index (χ0) is 15.8. The summed E-state index contributed by atoms with van der Waals surface area (Å²) in [5.74, 6) is 1.43. The Morgan fingerprint density at radius 3 is 2.96 bits per heavy atom. The van der Waals surface area contributed by atoms with Gasteiger partial charge in [0.2, 0.25) is 11.8 Å². The summed E-state index contributed by atoms with van der Waals surface area (Å²) >= 11 is 4.88. The molecule has 9 heteroatoms. The first-order valence-corrected chi connectivity index (χ1v) is 8.87. The van der Waals surface area contributed by atoms with Crippen LogP contribution in [0.1, 0.15) is 24.8 Å². The minimum Gasteiger partial charge on any atom is -0.420 e. The average Bonchev–Trinajstić information content (AvgIpc) is 3.15. The number of benzene rings is 1. The predicted molar refractivity (Wildman–Crippen MR) is 88.1 cm³/mol. The van der Waals surface area contributed by atoms with Crippen LogP contribution in [0.15, 0.2) is 43.1 Å². The van der Waals surface area contributed by atoms with Gasteiger partial charge in [-0.3, -0.25) is 4.57 Å². The number of nitrogens with one attached hydrogen (secondary N) is 1. The van der Waals surface area contributed by atoms with Crippen molar-refractivity contribution in [3.05, 3.63) is 45.1 Å². The molecule has 7 nitrogen and oxygen atoms in total. The van der Waals surface area contributed by atoms with Gasteiger partial charge in [-0.05, 0) is 40.9 Å². The fraction of sp³-hybridized carbons (Fsp3) is 0.286. The third-order valence-electron chi connectivity index (χ3n) is 3.48. The molecule has 1 N–H and O–H groups in total. The molecular formula is C14H12BrN5O2S. The van der Waals surface area contributed by atoms with E-state index in [9.17, 15) is 4.79 Å².